The van der Waals surface area contributed by atoms with Crippen LogP contribution in [0.15, 0.2) is 18.3 Å². The van der Waals surface area contributed by atoms with Gasteiger partial charge in [-0.25, -0.2) is 4.79 Å². The molecule has 7 heteroatoms. The fraction of sp³-hybridized carbons (Fsp3) is 0.739. The van der Waals surface area contributed by atoms with Crippen LogP contribution in [0.25, 0.3) is 0 Å². The number of hydrogen-bond donors (Lipinski definition) is 0. The van der Waals surface area contributed by atoms with Crippen molar-refractivity contribution in [2.45, 2.75) is 91.0 Å². The molecule has 0 N–H and O–H groups in total. The van der Waals surface area contributed by atoms with Gasteiger partial charge in [-0.3, -0.25) is 4.98 Å². The van der Waals surface area contributed by atoms with Gasteiger partial charge in [0.25, 0.3) is 0 Å². The van der Waals surface area contributed by atoms with E-state index in [0.717, 1.165) is 49.9 Å². The van der Waals surface area contributed by atoms with E-state index in [0.29, 0.717) is 5.92 Å². The maximum absolute atomic E-state index is 12.2. The van der Waals surface area contributed by atoms with Crippen molar-refractivity contribution in [1.29, 1.82) is 0 Å². The summed E-state index contributed by atoms with van der Waals surface area (Å²) in [5, 5.41) is 0. The maximum Gasteiger partial charge on any atom is 0.496 e. The van der Waals surface area contributed by atoms with Crippen LogP contribution in [0.2, 0.25) is 0 Å². The quantitative estimate of drug-likeness (QED) is 0.696. The second-order valence-corrected chi connectivity index (χ2v) is 10.6. The molecule has 2 aliphatic heterocycles. The Morgan fingerprint density at radius 2 is 1.77 bits per heavy atom. The van der Waals surface area contributed by atoms with Gasteiger partial charge >= 0.3 is 13.2 Å². The van der Waals surface area contributed by atoms with Gasteiger partial charge < -0.3 is 18.9 Å². The Kier molecular flexibility index (Phi) is 6.54. The van der Waals surface area contributed by atoms with Gasteiger partial charge in [0, 0.05) is 30.4 Å². The first kappa shape index (κ1) is 23.1. The molecule has 166 valence electrons. The minimum atomic E-state index is -0.439. The zero-order valence-corrected chi connectivity index (χ0v) is 19.7. The molecule has 0 atom stereocenters. The van der Waals surface area contributed by atoms with Crippen molar-refractivity contribution in [2.24, 2.45) is 5.92 Å². The summed E-state index contributed by atoms with van der Waals surface area (Å²) in [6, 6.07) is 4.14. The molecule has 1 aromatic heterocycles. The normalized spacial score (nSPS) is 21.7. The van der Waals surface area contributed by atoms with E-state index >= 15 is 0 Å². The molecule has 0 saturated carbocycles. The molecule has 3 rings (SSSR count). The molecule has 1 aromatic rings. The minimum Gasteiger partial charge on any atom is -0.444 e. The highest BCUT2D eigenvalue weighted by Crippen LogP contribution is 2.36. The molecule has 2 fully saturated rings. The molecule has 0 spiro atoms. The predicted molar refractivity (Wildman–Crippen MR) is 119 cm³/mol. The Labute approximate surface area is 181 Å². The van der Waals surface area contributed by atoms with Crippen LogP contribution in [-0.2, 0) is 20.5 Å². The average molecular weight is 416 g/mol. The zero-order valence-electron chi connectivity index (χ0n) is 19.7. The van der Waals surface area contributed by atoms with Crippen molar-refractivity contribution in [3.8, 4) is 0 Å². The number of carbonyl (C=O) groups excluding carboxylic acids is 1. The Morgan fingerprint density at radius 3 is 2.27 bits per heavy atom. The number of hydrogen-bond acceptors (Lipinski definition) is 5. The van der Waals surface area contributed by atoms with E-state index in [2.05, 4.69) is 44.8 Å². The first-order valence-corrected chi connectivity index (χ1v) is 11.1. The molecule has 0 radical (unpaired) electrons. The molecular formula is C23H37BN2O4. The summed E-state index contributed by atoms with van der Waals surface area (Å²) >= 11 is 0. The maximum atomic E-state index is 12.2. The second kappa shape index (κ2) is 8.50. The lowest BCUT2D eigenvalue weighted by Gasteiger charge is -2.33. The number of ether oxygens (including phenoxy) is 1. The number of likely N-dealkylation sites (tertiary alicyclic amines) is 1. The van der Waals surface area contributed by atoms with Gasteiger partial charge in [0.05, 0.1) is 11.2 Å². The lowest BCUT2D eigenvalue weighted by Crippen LogP contribution is -2.41. The van der Waals surface area contributed by atoms with Gasteiger partial charge in [0.15, 0.2) is 0 Å². The van der Waals surface area contributed by atoms with Gasteiger partial charge in [-0.2, -0.15) is 0 Å². The lowest BCUT2D eigenvalue weighted by atomic mass is 9.80. The molecular weight excluding hydrogens is 379 g/mol. The van der Waals surface area contributed by atoms with Gasteiger partial charge in [0.1, 0.15) is 5.60 Å². The number of rotatable bonds is 4. The third-order valence-electron chi connectivity index (χ3n) is 6.45. The average Bonchev–Trinajstić information content (AvgIpc) is 2.87. The monoisotopic (exact) mass is 416 g/mol. The Bertz CT molecular complexity index is 719. The highest BCUT2D eigenvalue weighted by atomic mass is 16.7. The minimum absolute atomic E-state index is 0.194. The molecule has 1 amide bonds. The van der Waals surface area contributed by atoms with Crippen LogP contribution in [0.3, 0.4) is 0 Å². The van der Waals surface area contributed by atoms with Crippen molar-refractivity contribution in [3.05, 3.63) is 24.0 Å². The zero-order chi connectivity index (χ0) is 22.2. The van der Waals surface area contributed by atoms with E-state index < -0.39 is 5.60 Å². The predicted octanol–water partition coefficient (Wildman–Crippen LogP) is 3.96. The lowest BCUT2D eigenvalue weighted by molar-refractivity contribution is 0.00578. The Balaban J connectivity index is 1.45. The summed E-state index contributed by atoms with van der Waals surface area (Å²) in [5.41, 5.74) is 0.925. The molecule has 0 aliphatic carbocycles. The number of piperidine rings is 1. The van der Waals surface area contributed by atoms with Crippen molar-refractivity contribution >= 4 is 18.7 Å². The largest absolute Gasteiger partial charge is 0.496 e. The summed E-state index contributed by atoms with van der Waals surface area (Å²) in [6.07, 6.45) is 5.76. The fourth-order valence-electron chi connectivity index (χ4n) is 3.79. The highest BCUT2D eigenvalue weighted by molar-refractivity contribution is 6.62. The molecule has 0 unspecified atom stereocenters. The number of nitrogens with zero attached hydrogens (tertiary/aromatic N) is 2. The Morgan fingerprint density at radius 1 is 1.17 bits per heavy atom. The first-order chi connectivity index (χ1) is 13.9. The number of amides is 1. The van der Waals surface area contributed by atoms with E-state index in [9.17, 15) is 4.79 Å². The first-order valence-electron chi connectivity index (χ1n) is 11.1. The smallest absolute Gasteiger partial charge is 0.444 e. The Hall–Kier alpha value is -1.60. The number of aryl methyl sites for hydroxylation is 1. The SMILES string of the molecule is CC(C)(C)OC(=O)N1CCC(CCc2ccc(B3OC(C)(C)C(C)(C)O3)cn2)CC1. The summed E-state index contributed by atoms with van der Waals surface area (Å²) in [7, 11) is -0.367. The van der Waals surface area contributed by atoms with Gasteiger partial charge in [0.2, 0.25) is 0 Å². The van der Waals surface area contributed by atoms with Gasteiger partial charge in [-0.05, 0) is 86.1 Å². The standard InChI is InChI=1S/C23H37BN2O4/c1-21(2,3)28-20(27)26-14-12-17(13-15-26)8-10-19-11-9-18(16-25-19)24-29-22(4,5)23(6,7)30-24/h9,11,16-17H,8,10,12-15H2,1-7H3. The van der Waals surface area contributed by atoms with Crippen molar-refractivity contribution in [2.75, 3.05) is 13.1 Å². The summed E-state index contributed by atoms with van der Waals surface area (Å²) in [4.78, 5) is 18.7. The number of carbonyl (C=O) groups is 1. The molecule has 6 nitrogen and oxygen atoms in total. The van der Waals surface area contributed by atoms with Gasteiger partial charge in [-0.1, -0.05) is 6.07 Å². The van der Waals surface area contributed by atoms with Crippen molar-refractivity contribution in [3.63, 3.8) is 0 Å². The van der Waals surface area contributed by atoms with Crippen molar-refractivity contribution in [1.82, 2.24) is 9.88 Å². The number of aromatic nitrogens is 1. The third kappa shape index (κ3) is 5.55. The van der Waals surface area contributed by atoms with E-state index in [1.165, 1.54) is 0 Å². The topological polar surface area (TPSA) is 60.9 Å². The molecule has 0 aromatic carbocycles. The van der Waals surface area contributed by atoms with Crippen LogP contribution in [0, 0.1) is 5.92 Å². The third-order valence-corrected chi connectivity index (χ3v) is 6.45. The van der Waals surface area contributed by atoms with Crippen LogP contribution in [0.5, 0.6) is 0 Å². The van der Waals surface area contributed by atoms with Crippen LogP contribution >= 0.6 is 0 Å². The molecule has 3 heterocycles. The molecule has 30 heavy (non-hydrogen) atoms. The van der Waals surface area contributed by atoms with Crippen molar-refractivity contribution < 1.29 is 18.8 Å². The summed E-state index contributed by atoms with van der Waals surface area (Å²) < 4.78 is 17.7. The van der Waals surface area contributed by atoms with Crippen LogP contribution in [-0.4, -0.2) is 53.0 Å². The number of pyridine rings is 1. The van der Waals surface area contributed by atoms with Crippen LogP contribution in [0.1, 0.15) is 73.4 Å². The van der Waals surface area contributed by atoms with E-state index in [1.807, 2.05) is 31.9 Å². The van der Waals surface area contributed by atoms with E-state index in [-0.39, 0.29) is 24.4 Å². The summed E-state index contributed by atoms with van der Waals surface area (Å²) in [6.45, 7) is 15.5. The molecule has 0 bridgehead atoms. The van der Waals surface area contributed by atoms with Gasteiger partial charge in [-0.15, -0.1) is 0 Å². The highest BCUT2D eigenvalue weighted by Gasteiger charge is 2.51. The molecule has 2 aliphatic rings. The van der Waals surface area contributed by atoms with E-state index in [4.69, 9.17) is 14.0 Å². The van der Waals surface area contributed by atoms with E-state index in [1.54, 1.807) is 0 Å². The van der Waals surface area contributed by atoms with Crippen LogP contribution < -0.4 is 5.46 Å². The fourth-order valence-corrected chi connectivity index (χ4v) is 3.79. The van der Waals surface area contributed by atoms with Crippen LogP contribution in [0.4, 0.5) is 4.79 Å². The summed E-state index contributed by atoms with van der Waals surface area (Å²) in [5.74, 6) is 0.619. The second-order valence-electron chi connectivity index (χ2n) is 10.6. The molecule has 2 saturated heterocycles.